The molecule has 5 heterocycles. The standard InChI is InChI=1S/C19H21N3O2/c1-18-8-21-10-19(2,17(18)24)11-22(9-18)16(21)13-5-6-14(23)15-12(13)4-3-7-20-15/h3-7,16,23H,8-11H2,1-2H3. The van der Waals surface area contributed by atoms with Crippen LogP contribution in [-0.2, 0) is 4.79 Å². The van der Waals surface area contributed by atoms with E-state index in [0.29, 0.717) is 11.3 Å². The smallest absolute Gasteiger partial charge is 0.149 e. The van der Waals surface area contributed by atoms with E-state index in [0.717, 1.165) is 31.6 Å². The lowest BCUT2D eigenvalue weighted by atomic mass is 9.62. The van der Waals surface area contributed by atoms with Gasteiger partial charge in [0.05, 0.1) is 17.0 Å². The Labute approximate surface area is 140 Å². The molecule has 0 amide bonds. The van der Waals surface area contributed by atoms with Gasteiger partial charge < -0.3 is 5.11 Å². The van der Waals surface area contributed by atoms with E-state index < -0.39 is 0 Å². The molecule has 1 aromatic heterocycles. The van der Waals surface area contributed by atoms with Crippen molar-refractivity contribution in [1.82, 2.24) is 14.8 Å². The van der Waals surface area contributed by atoms with Crippen molar-refractivity contribution in [3.05, 3.63) is 36.0 Å². The number of carbonyl (C=O) groups excluding carboxylic acids is 1. The second-order valence-electron chi connectivity index (χ2n) is 8.21. The average Bonchev–Trinajstić information content (AvgIpc) is 2.53. The lowest BCUT2D eigenvalue weighted by Gasteiger charge is -2.64. The van der Waals surface area contributed by atoms with Crippen molar-refractivity contribution in [3.63, 3.8) is 0 Å². The minimum Gasteiger partial charge on any atom is -0.506 e. The van der Waals surface area contributed by atoms with Crippen LogP contribution in [0.5, 0.6) is 5.75 Å². The number of rotatable bonds is 1. The lowest BCUT2D eigenvalue weighted by molar-refractivity contribution is -0.196. The Hall–Kier alpha value is -1.98. The molecule has 0 atom stereocenters. The van der Waals surface area contributed by atoms with E-state index in [9.17, 15) is 9.90 Å². The zero-order valence-electron chi connectivity index (χ0n) is 14.0. The molecule has 0 unspecified atom stereocenters. The number of aromatic nitrogens is 1. The zero-order chi connectivity index (χ0) is 16.7. The summed E-state index contributed by atoms with van der Waals surface area (Å²) < 4.78 is 0. The molecule has 5 heteroatoms. The van der Waals surface area contributed by atoms with Crippen LogP contribution in [-0.4, -0.2) is 51.9 Å². The molecular weight excluding hydrogens is 302 g/mol. The zero-order valence-corrected chi connectivity index (χ0v) is 14.0. The topological polar surface area (TPSA) is 56.7 Å². The van der Waals surface area contributed by atoms with Crippen LogP contribution in [0.15, 0.2) is 30.5 Å². The first-order valence-corrected chi connectivity index (χ1v) is 8.51. The molecule has 2 aromatic rings. The molecule has 4 fully saturated rings. The van der Waals surface area contributed by atoms with Gasteiger partial charge in [0.1, 0.15) is 17.0 Å². The third-order valence-corrected chi connectivity index (χ3v) is 6.06. The van der Waals surface area contributed by atoms with Crippen LogP contribution in [0.4, 0.5) is 0 Å². The summed E-state index contributed by atoms with van der Waals surface area (Å²) in [5.74, 6) is 0.649. The molecule has 0 aliphatic carbocycles. The average molecular weight is 323 g/mol. The summed E-state index contributed by atoms with van der Waals surface area (Å²) in [6.45, 7) is 7.46. The van der Waals surface area contributed by atoms with Gasteiger partial charge in [0.25, 0.3) is 0 Å². The van der Waals surface area contributed by atoms with E-state index in [1.54, 1.807) is 12.3 Å². The number of fused-ring (bicyclic) bond motifs is 1. The number of hydrogen-bond donors (Lipinski definition) is 1. The van der Waals surface area contributed by atoms with E-state index in [1.807, 2.05) is 18.2 Å². The molecule has 4 bridgehead atoms. The predicted molar refractivity (Wildman–Crippen MR) is 90.5 cm³/mol. The van der Waals surface area contributed by atoms with Gasteiger partial charge in [-0.3, -0.25) is 19.6 Å². The van der Waals surface area contributed by atoms with Crippen molar-refractivity contribution < 1.29 is 9.90 Å². The Kier molecular flexibility index (Phi) is 2.60. The lowest BCUT2D eigenvalue weighted by Crippen LogP contribution is -2.75. The predicted octanol–water partition coefficient (Wildman–Crippen LogP) is 2.17. The maximum absolute atomic E-state index is 12.8. The molecule has 0 saturated carbocycles. The van der Waals surface area contributed by atoms with E-state index >= 15 is 0 Å². The summed E-state index contributed by atoms with van der Waals surface area (Å²) >= 11 is 0. The van der Waals surface area contributed by atoms with Gasteiger partial charge in [0.2, 0.25) is 0 Å². The van der Waals surface area contributed by atoms with Crippen molar-refractivity contribution in [2.75, 3.05) is 26.2 Å². The van der Waals surface area contributed by atoms with Crippen molar-refractivity contribution in [2.45, 2.75) is 20.0 Å². The maximum Gasteiger partial charge on any atom is 0.149 e. The third-order valence-electron chi connectivity index (χ3n) is 6.06. The van der Waals surface area contributed by atoms with E-state index in [1.165, 1.54) is 5.56 Å². The minimum atomic E-state index is -0.257. The minimum absolute atomic E-state index is 0.159. The van der Waals surface area contributed by atoms with E-state index in [2.05, 4.69) is 28.6 Å². The highest BCUT2D eigenvalue weighted by Crippen LogP contribution is 2.52. The molecule has 1 N–H and O–H groups in total. The summed E-state index contributed by atoms with van der Waals surface area (Å²) in [6.07, 6.45) is 1.87. The highest BCUT2D eigenvalue weighted by Gasteiger charge is 2.62. The fraction of sp³-hybridized carbons (Fsp3) is 0.474. The van der Waals surface area contributed by atoms with Crippen molar-refractivity contribution in [1.29, 1.82) is 0 Å². The normalized spacial score (nSPS) is 40.4. The summed E-state index contributed by atoms with van der Waals surface area (Å²) in [5, 5.41) is 11.1. The summed E-state index contributed by atoms with van der Waals surface area (Å²) in [7, 11) is 0. The van der Waals surface area contributed by atoms with Gasteiger partial charge >= 0.3 is 0 Å². The summed E-state index contributed by atoms with van der Waals surface area (Å²) in [6, 6.07) is 7.70. The molecule has 0 radical (unpaired) electrons. The Balaban J connectivity index is 1.66. The van der Waals surface area contributed by atoms with E-state index in [4.69, 9.17) is 0 Å². The third kappa shape index (κ3) is 1.66. The van der Waals surface area contributed by atoms with E-state index in [-0.39, 0.29) is 22.7 Å². The number of phenols is 1. The number of phenolic OH excluding ortho intramolecular Hbond substituents is 1. The van der Waals surface area contributed by atoms with Gasteiger partial charge in [0.15, 0.2) is 0 Å². The number of ketones is 1. The fourth-order valence-corrected chi connectivity index (χ4v) is 5.40. The highest BCUT2D eigenvalue weighted by molar-refractivity contribution is 5.93. The molecular formula is C19H21N3O2. The quantitative estimate of drug-likeness (QED) is 0.871. The molecule has 5 nitrogen and oxygen atoms in total. The van der Waals surface area contributed by atoms with Gasteiger partial charge in [-0.1, -0.05) is 26.0 Å². The molecule has 4 aliphatic heterocycles. The van der Waals surface area contributed by atoms with Crippen LogP contribution in [0.2, 0.25) is 0 Å². The largest absolute Gasteiger partial charge is 0.506 e. The van der Waals surface area contributed by atoms with Crippen molar-refractivity contribution in [3.8, 4) is 5.75 Å². The number of carbonyl (C=O) groups is 1. The van der Waals surface area contributed by atoms with Crippen molar-refractivity contribution >= 4 is 16.7 Å². The Morgan fingerprint density at radius 2 is 1.71 bits per heavy atom. The number of aromatic hydroxyl groups is 1. The van der Waals surface area contributed by atoms with Crippen LogP contribution in [0.25, 0.3) is 10.9 Å². The fourth-order valence-electron chi connectivity index (χ4n) is 5.40. The Morgan fingerprint density at radius 3 is 2.33 bits per heavy atom. The van der Waals surface area contributed by atoms with Gasteiger partial charge in [-0.2, -0.15) is 0 Å². The highest BCUT2D eigenvalue weighted by atomic mass is 16.3. The number of piperidine rings is 2. The van der Waals surface area contributed by atoms with Gasteiger partial charge in [-0.15, -0.1) is 0 Å². The molecule has 6 rings (SSSR count). The molecule has 0 spiro atoms. The first-order chi connectivity index (χ1) is 11.4. The van der Waals surface area contributed by atoms with Crippen LogP contribution < -0.4 is 0 Å². The molecule has 1 aromatic carbocycles. The Bertz CT molecular complexity index is 838. The summed E-state index contributed by atoms with van der Waals surface area (Å²) in [5.41, 5.74) is 1.31. The Morgan fingerprint density at radius 1 is 1.08 bits per heavy atom. The maximum atomic E-state index is 12.8. The number of pyridine rings is 1. The van der Waals surface area contributed by atoms with Crippen LogP contribution >= 0.6 is 0 Å². The van der Waals surface area contributed by atoms with Crippen LogP contribution in [0, 0.1) is 10.8 Å². The van der Waals surface area contributed by atoms with Crippen molar-refractivity contribution in [2.24, 2.45) is 10.8 Å². The monoisotopic (exact) mass is 323 g/mol. The number of benzene rings is 1. The molecule has 4 saturated heterocycles. The van der Waals surface area contributed by atoms with Crippen LogP contribution in [0.3, 0.4) is 0 Å². The molecule has 124 valence electrons. The van der Waals surface area contributed by atoms with Gasteiger partial charge in [-0.25, -0.2) is 0 Å². The number of hydrogen-bond acceptors (Lipinski definition) is 5. The first kappa shape index (κ1) is 14.4. The van der Waals surface area contributed by atoms with Gasteiger partial charge in [0, 0.05) is 37.8 Å². The second kappa shape index (κ2) is 4.35. The second-order valence-corrected chi connectivity index (χ2v) is 8.21. The molecule has 4 aliphatic rings. The first-order valence-electron chi connectivity index (χ1n) is 8.51. The number of Topliss-reactive ketones (excluding diaryl/α,β-unsaturated/α-hetero) is 1. The number of nitrogens with zero attached hydrogens (tertiary/aromatic N) is 3. The summed E-state index contributed by atoms with van der Waals surface area (Å²) in [4.78, 5) is 22.0. The van der Waals surface area contributed by atoms with Gasteiger partial charge in [-0.05, 0) is 17.7 Å². The SMILES string of the molecule is CC12CN3CC(C)(CN(C1)C3c1ccc(O)c3ncccc13)C2=O. The molecule has 24 heavy (non-hydrogen) atoms. The van der Waals surface area contributed by atoms with Crippen LogP contribution in [0.1, 0.15) is 25.6 Å².